The zero-order valence-corrected chi connectivity index (χ0v) is 36.6. The number of carbonyl (C=O) groups is 4. The molecule has 1 N–H and O–H groups in total. The van der Waals surface area contributed by atoms with E-state index in [1.807, 2.05) is 48.7 Å². The van der Waals surface area contributed by atoms with Crippen LogP contribution in [0.15, 0.2) is 72.9 Å². The maximum atomic E-state index is 13.4. The van der Waals surface area contributed by atoms with E-state index in [-0.39, 0.29) is 24.2 Å². The van der Waals surface area contributed by atoms with Crippen LogP contribution >= 0.6 is 11.6 Å². The molecule has 4 aromatic rings. The molecule has 13 nitrogen and oxygen atoms in total. The average molecular weight is 869 g/mol. The monoisotopic (exact) mass is 868 g/mol. The molecule has 1 aromatic heterocycles. The van der Waals surface area contributed by atoms with Crippen LogP contribution in [-0.2, 0) is 21.6 Å². The SMILES string of the molecule is [C-]#[N+]c1cc(Cl)cc(C(C)(C)c2ccc(OCc3ccnc(N4CCC(CN5CCC(C6CCN(c7ccc8c(c7)C(=O)N(C7CCC(=O)NC7=O)C8=O)CC6)CC5)C4)n3)cc2)c1. The molecule has 4 fully saturated rings. The Kier molecular flexibility index (Phi) is 12.0. The zero-order valence-electron chi connectivity index (χ0n) is 35.9. The number of nitrogens with one attached hydrogen (secondary N) is 1. The highest BCUT2D eigenvalue weighted by atomic mass is 35.5. The van der Waals surface area contributed by atoms with Gasteiger partial charge in [-0.05, 0) is 129 Å². The van der Waals surface area contributed by atoms with Crippen LogP contribution in [0, 0.1) is 24.3 Å². The van der Waals surface area contributed by atoms with Gasteiger partial charge in [0.05, 0.1) is 23.4 Å². The maximum absolute atomic E-state index is 13.4. The summed E-state index contributed by atoms with van der Waals surface area (Å²) in [5.41, 5.74) is 4.70. The number of fused-ring (bicyclic) bond motifs is 1. The van der Waals surface area contributed by atoms with Crippen LogP contribution < -0.4 is 19.9 Å². The van der Waals surface area contributed by atoms with Gasteiger partial charge in [-0.3, -0.25) is 29.4 Å². The minimum atomic E-state index is -0.959. The molecule has 0 radical (unpaired) electrons. The third-order valence-electron chi connectivity index (χ3n) is 14.1. The molecule has 14 heteroatoms. The average Bonchev–Trinajstić information content (AvgIpc) is 3.87. The Morgan fingerprint density at radius 1 is 0.810 bits per heavy atom. The molecule has 5 aliphatic heterocycles. The van der Waals surface area contributed by atoms with Crippen molar-refractivity contribution in [1.29, 1.82) is 0 Å². The van der Waals surface area contributed by atoms with Crippen LogP contribution in [0.5, 0.6) is 5.75 Å². The molecule has 2 atom stereocenters. The van der Waals surface area contributed by atoms with Gasteiger partial charge in [-0.25, -0.2) is 14.8 Å². The molecule has 0 bridgehead atoms. The maximum Gasteiger partial charge on any atom is 0.262 e. The van der Waals surface area contributed by atoms with Gasteiger partial charge in [0, 0.05) is 61.5 Å². The van der Waals surface area contributed by atoms with Gasteiger partial charge >= 0.3 is 0 Å². The summed E-state index contributed by atoms with van der Waals surface area (Å²) >= 11 is 6.32. The third-order valence-corrected chi connectivity index (χ3v) is 14.3. The number of hydrogen-bond donors (Lipinski definition) is 1. The molecular weight excluding hydrogens is 816 g/mol. The number of piperidine rings is 3. The van der Waals surface area contributed by atoms with Gasteiger partial charge in [-0.2, -0.15) is 0 Å². The standard InChI is InChI=1S/C49H53ClN8O5/c1-49(2,35-24-36(50)26-38(25-35)51-3)34-4-7-40(8-5-34)63-30-37-12-18-52-48(53-37)57-21-13-31(29-57)28-55-19-14-32(15-20-55)33-16-22-56(23-17-33)39-6-9-41-42(27-39)47(62)58(46(41)61)43-10-11-44(59)54-45(43)60/h4-9,12,18,24-27,31-33,43H,10-11,13-17,19-23,28-30H2,1-2H3,(H,54,59,60). The van der Waals surface area contributed by atoms with Crippen molar-refractivity contribution < 1.29 is 23.9 Å². The van der Waals surface area contributed by atoms with E-state index in [9.17, 15) is 19.2 Å². The molecule has 5 aliphatic rings. The van der Waals surface area contributed by atoms with Crippen molar-refractivity contribution in [3.63, 3.8) is 0 Å². The Balaban J connectivity index is 0.712. The molecule has 0 aliphatic carbocycles. The Morgan fingerprint density at radius 3 is 2.25 bits per heavy atom. The fourth-order valence-electron chi connectivity index (χ4n) is 10.3. The van der Waals surface area contributed by atoms with Gasteiger partial charge in [-0.1, -0.05) is 43.6 Å². The first-order chi connectivity index (χ1) is 30.4. The zero-order chi connectivity index (χ0) is 43.8. The highest BCUT2D eigenvalue weighted by Gasteiger charge is 2.45. The molecule has 9 rings (SSSR count). The van der Waals surface area contributed by atoms with E-state index in [4.69, 9.17) is 27.9 Å². The van der Waals surface area contributed by atoms with E-state index in [2.05, 4.69) is 55.8 Å². The molecule has 2 unspecified atom stereocenters. The predicted molar refractivity (Wildman–Crippen MR) is 240 cm³/mol. The second-order valence-electron chi connectivity index (χ2n) is 18.3. The number of benzene rings is 3. The Morgan fingerprint density at radius 2 is 1.52 bits per heavy atom. The lowest BCUT2D eigenvalue weighted by atomic mass is 9.78. The number of rotatable bonds is 11. The van der Waals surface area contributed by atoms with E-state index in [0.29, 0.717) is 46.2 Å². The highest BCUT2D eigenvalue weighted by molar-refractivity contribution is 6.31. The summed E-state index contributed by atoms with van der Waals surface area (Å²) in [5, 5.41) is 2.82. The second-order valence-corrected chi connectivity index (χ2v) is 18.8. The fourth-order valence-corrected chi connectivity index (χ4v) is 10.6. The molecule has 4 saturated heterocycles. The summed E-state index contributed by atoms with van der Waals surface area (Å²) in [4.78, 5) is 72.1. The van der Waals surface area contributed by atoms with Crippen LogP contribution in [0.3, 0.4) is 0 Å². The van der Waals surface area contributed by atoms with Crippen molar-refractivity contribution in [3.8, 4) is 5.75 Å². The van der Waals surface area contributed by atoms with Crippen LogP contribution in [0.4, 0.5) is 17.3 Å². The predicted octanol–water partition coefficient (Wildman–Crippen LogP) is 7.44. The summed E-state index contributed by atoms with van der Waals surface area (Å²) in [6.45, 7) is 19.1. The first-order valence-electron chi connectivity index (χ1n) is 22.2. The number of likely N-dealkylation sites (tertiary alicyclic amines) is 1. The van der Waals surface area contributed by atoms with Gasteiger partial charge in [-0.15, -0.1) is 0 Å². The lowest BCUT2D eigenvalue weighted by molar-refractivity contribution is -0.136. The Hall–Kier alpha value is -5.84. The molecule has 326 valence electrons. The third kappa shape index (κ3) is 8.89. The number of halogens is 1. The van der Waals surface area contributed by atoms with E-state index in [1.165, 1.54) is 12.8 Å². The molecule has 4 amide bonds. The quantitative estimate of drug-likeness (QED) is 0.120. The summed E-state index contributed by atoms with van der Waals surface area (Å²) < 4.78 is 6.17. The number of nitrogens with zero attached hydrogens (tertiary/aromatic N) is 7. The van der Waals surface area contributed by atoms with Crippen LogP contribution in [0.25, 0.3) is 4.85 Å². The van der Waals surface area contributed by atoms with Crippen LogP contribution in [0.2, 0.25) is 5.02 Å². The summed E-state index contributed by atoms with van der Waals surface area (Å²) in [6, 6.07) is 20.0. The first-order valence-corrected chi connectivity index (χ1v) is 22.6. The number of anilines is 2. The van der Waals surface area contributed by atoms with Gasteiger partial charge in [0.1, 0.15) is 18.4 Å². The minimum absolute atomic E-state index is 0.103. The first kappa shape index (κ1) is 42.5. The van der Waals surface area contributed by atoms with E-state index in [0.717, 1.165) is 104 Å². The molecule has 6 heterocycles. The van der Waals surface area contributed by atoms with Gasteiger partial charge < -0.3 is 19.4 Å². The Labute approximate surface area is 373 Å². The van der Waals surface area contributed by atoms with Crippen molar-refractivity contribution in [2.75, 3.05) is 55.6 Å². The number of ether oxygens (including phenoxy) is 1. The molecular formula is C49H53ClN8O5. The van der Waals surface area contributed by atoms with E-state index < -0.39 is 23.8 Å². The van der Waals surface area contributed by atoms with Crippen LogP contribution in [0.1, 0.15) is 96.3 Å². The fraction of sp³-hybridized carbons (Fsp3) is 0.449. The van der Waals surface area contributed by atoms with Crippen molar-refractivity contribution >= 4 is 52.6 Å². The highest BCUT2D eigenvalue weighted by Crippen LogP contribution is 2.38. The minimum Gasteiger partial charge on any atom is -0.487 e. The van der Waals surface area contributed by atoms with Crippen molar-refractivity contribution in [2.24, 2.45) is 17.8 Å². The summed E-state index contributed by atoms with van der Waals surface area (Å²) in [6.07, 6.45) is 7.82. The molecule has 0 saturated carbocycles. The van der Waals surface area contributed by atoms with Gasteiger partial charge in [0.15, 0.2) is 5.69 Å². The number of aromatic nitrogens is 2. The second kappa shape index (κ2) is 17.7. The lowest BCUT2D eigenvalue weighted by Crippen LogP contribution is -2.54. The van der Waals surface area contributed by atoms with E-state index >= 15 is 0 Å². The number of hydrogen-bond acceptors (Lipinski definition) is 10. The largest absolute Gasteiger partial charge is 0.487 e. The molecule has 3 aromatic carbocycles. The smallest absolute Gasteiger partial charge is 0.262 e. The number of imide groups is 2. The van der Waals surface area contributed by atoms with Gasteiger partial charge in [0.25, 0.3) is 11.8 Å². The van der Waals surface area contributed by atoms with E-state index in [1.54, 1.807) is 12.1 Å². The topological polar surface area (TPSA) is 133 Å². The van der Waals surface area contributed by atoms with Crippen molar-refractivity contribution in [1.82, 2.24) is 25.1 Å². The summed E-state index contributed by atoms with van der Waals surface area (Å²) in [7, 11) is 0. The number of carbonyl (C=O) groups excluding carboxylic acids is 4. The van der Waals surface area contributed by atoms with Crippen molar-refractivity contribution in [2.45, 2.75) is 76.9 Å². The van der Waals surface area contributed by atoms with Crippen molar-refractivity contribution in [3.05, 3.63) is 117 Å². The van der Waals surface area contributed by atoms with Gasteiger partial charge in [0.2, 0.25) is 17.8 Å². The molecule has 63 heavy (non-hydrogen) atoms. The Bertz CT molecular complexity index is 2450. The lowest BCUT2D eigenvalue weighted by Gasteiger charge is -2.41. The normalized spacial score (nSPS) is 21.5. The van der Waals surface area contributed by atoms with Crippen LogP contribution in [-0.4, -0.2) is 95.3 Å². The summed E-state index contributed by atoms with van der Waals surface area (Å²) in [5.74, 6) is 1.56. The molecule has 0 spiro atoms. The number of amides is 4.